The zero-order valence-corrected chi connectivity index (χ0v) is 25.7. The monoisotopic (exact) mass is 574 g/mol. The van der Waals surface area contributed by atoms with Gasteiger partial charge >= 0.3 is 12.0 Å². The van der Waals surface area contributed by atoms with Crippen LogP contribution in [0.4, 0.5) is 10.5 Å². The molecule has 0 radical (unpaired) electrons. The Bertz CT molecular complexity index is 1180. The van der Waals surface area contributed by atoms with Crippen LogP contribution in [0.15, 0.2) is 78.9 Å². The molecule has 0 bridgehead atoms. The maximum atomic E-state index is 13.2. The minimum absolute atomic E-state index is 0.0610. The molecule has 2 N–H and O–H groups in total. The predicted octanol–water partition coefficient (Wildman–Crippen LogP) is 8.79. The van der Waals surface area contributed by atoms with E-state index in [1.807, 2.05) is 59.5 Å². The number of carbonyl (C=O) groups is 2. The number of aliphatic carboxylic acids is 1. The van der Waals surface area contributed by atoms with Crippen molar-refractivity contribution in [1.82, 2.24) is 4.90 Å². The minimum atomic E-state index is -0.783. The zero-order chi connectivity index (χ0) is 29.5. The average molecular weight is 575 g/mol. The Morgan fingerprint density at radius 3 is 2.10 bits per heavy atom. The van der Waals surface area contributed by atoms with Gasteiger partial charge in [0.2, 0.25) is 0 Å². The molecule has 3 aromatic carbocycles. The molecule has 0 fully saturated rings. The number of nitrogens with one attached hydrogen (secondary N) is 1. The van der Waals surface area contributed by atoms with E-state index in [9.17, 15) is 14.7 Å². The third-order valence-corrected chi connectivity index (χ3v) is 8.60. The third kappa shape index (κ3) is 11.6. The number of carboxylic acids is 1. The Kier molecular flexibility index (Phi) is 13.8. The van der Waals surface area contributed by atoms with Crippen LogP contribution >= 0.6 is 11.8 Å². The van der Waals surface area contributed by atoms with E-state index in [4.69, 9.17) is 0 Å². The van der Waals surface area contributed by atoms with E-state index in [-0.39, 0.29) is 6.03 Å². The van der Waals surface area contributed by atoms with Crippen molar-refractivity contribution in [1.29, 1.82) is 0 Å². The lowest BCUT2D eigenvalue weighted by atomic mass is 10.0. The van der Waals surface area contributed by atoms with E-state index in [0.717, 1.165) is 48.2 Å². The topological polar surface area (TPSA) is 69.6 Å². The van der Waals surface area contributed by atoms with E-state index in [2.05, 4.69) is 50.4 Å². The normalized spacial score (nSPS) is 11.8. The molecular formula is C35H46N2O3S. The van der Waals surface area contributed by atoms with Gasteiger partial charge < -0.3 is 15.3 Å². The lowest BCUT2D eigenvalue weighted by molar-refractivity contribution is -0.136. The molecule has 0 spiro atoms. The maximum Gasteiger partial charge on any atom is 0.321 e. The molecule has 0 heterocycles. The van der Waals surface area contributed by atoms with Gasteiger partial charge in [0.15, 0.2) is 0 Å². The number of anilines is 1. The number of nitrogens with zero attached hydrogens (tertiary/aromatic N) is 1. The van der Waals surface area contributed by atoms with Gasteiger partial charge in [0.25, 0.3) is 0 Å². The first-order valence-electron chi connectivity index (χ1n) is 15.0. The van der Waals surface area contributed by atoms with Gasteiger partial charge in [-0.05, 0) is 59.6 Å². The number of rotatable bonds is 17. The molecule has 0 aromatic heterocycles. The Morgan fingerprint density at radius 2 is 1.46 bits per heavy atom. The van der Waals surface area contributed by atoms with E-state index < -0.39 is 11.2 Å². The third-order valence-electron chi connectivity index (χ3n) is 7.33. The van der Waals surface area contributed by atoms with Gasteiger partial charge in [-0.1, -0.05) is 113 Å². The van der Waals surface area contributed by atoms with Crippen molar-refractivity contribution in [3.63, 3.8) is 0 Å². The average Bonchev–Trinajstić information content (AvgIpc) is 2.98. The highest BCUT2D eigenvalue weighted by Gasteiger charge is 2.19. The van der Waals surface area contributed by atoms with Gasteiger partial charge in [-0.25, -0.2) is 4.79 Å². The number of carboxylic acid groups (broad SMARTS) is 1. The molecule has 41 heavy (non-hydrogen) atoms. The molecule has 0 aliphatic rings. The van der Waals surface area contributed by atoms with Crippen molar-refractivity contribution in [3.8, 4) is 0 Å². The summed E-state index contributed by atoms with van der Waals surface area (Å²) < 4.78 is 0. The molecule has 3 rings (SSSR count). The van der Waals surface area contributed by atoms with Crippen molar-refractivity contribution >= 4 is 29.4 Å². The summed E-state index contributed by atoms with van der Waals surface area (Å²) in [5.41, 5.74) is 5.35. The van der Waals surface area contributed by atoms with Crippen molar-refractivity contribution in [2.24, 2.45) is 0 Å². The largest absolute Gasteiger partial charge is 0.480 e. The van der Waals surface area contributed by atoms with E-state index >= 15 is 0 Å². The summed E-state index contributed by atoms with van der Waals surface area (Å²) in [6.45, 7) is 7.90. The molecule has 3 aromatic rings. The summed E-state index contributed by atoms with van der Waals surface area (Å²) in [4.78, 5) is 27.1. The number of hydrogen-bond acceptors (Lipinski definition) is 3. The highest BCUT2D eigenvalue weighted by molar-refractivity contribution is 7.99. The van der Waals surface area contributed by atoms with Crippen LogP contribution in [0.5, 0.6) is 0 Å². The van der Waals surface area contributed by atoms with Crippen LogP contribution < -0.4 is 5.32 Å². The Morgan fingerprint density at radius 1 is 0.805 bits per heavy atom. The highest BCUT2D eigenvalue weighted by Crippen LogP contribution is 2.22. The van der Waals surface area contributed by atoms with Crippen LogP contribution in [0.1, 0.15) is 81.0 Å². The van der Waals surface area contributed by atoms with Crippen LogP contribution in [-0.2, 0) is 23.4 Å². The van der Waals surface area contributed by atoms with Crippen LogP contribution in [0.25, 0.3) is 0 Å². The number of benzene rings is 3. The van der Waals surface area contributed by atoms with Crippen molar-refractivity contribution < 1.29 is 14.7 Å². The second-order valence-corrected chi connectivity index (χ2v) is 12.2. The SMILES string of the molecule is CCCCCCCN(CCc1ccc(CC(SCc2ccccc2)C(=O)O)cc1)C(=O)Nc1ccc(C(C)C)cc1. The predicted molar refractivity (Wildman–Crippen MR) is 173 cm³/mol. The lowest BCUT2D eigenvalue weighted by Gasteiger charge is -2.23. The standard InChI is InChI=1S/C35H46N2O3S/c1-4-5-6-7-11-23-37(35(40)36-32-20-18-31(19-21-32)27(2)3)24-22-28-14-16-29(17-15-28)25-33(34(38)39)41-26-30-12-9-8-10-13-30/h8-10,12-21,27,33H,4-7,11,22-26H2,1-3H3,(H,36,40)(H,38,39). The molecule has 1 atom stereocenters. The number of carbonyl (C=O) groups excluding carboxylic acids is 1. The molecule has 2 amide bonds. The van der Waals surface area contributed by atoms with Crippen molar-refractivity contribution in [2.75, 3.05) is 18.4 Å². The Hall–Kier alpha value is -3.25. The summed E-state index contributed by atoms with van der Waals surface area (Å²) in [5, 5.41) is 12.4. The summed E-state index contributed by atoms with van der Waals surface area (Å²) in [6.07, 6.45) is 6.98. The smallest absolute Gasteiger partial charge is 0.321 e. The summed E-state index contributed by atoms with van der Waals surface area (Å²) >= 11 is 1.46. The van der Waals surface area contributed by atoms with E-state index in [0.29, 0.717) is 24.6 Å². The van der Waals surface area contributed by atoms with Gasteiger partial charge in [0, 0.05) is 24.5 Å². The molecule has 5 nitrogen and oxygen atoms in total. The van der Waals surface area contributed by atoms with Crippen LogP contribution in [0, 0.1) is 0 Å². The van der Waals surface area contributed by atoms with E-state index in [1.165, 1.54) is 36.6 Å². The van der Waals surface area contributed by atoms with Gasteiger partial charge in [-0.2, -0.15) is 0 Å². The fourth-order valence-corrected chi connectivity index (χ4v) is 5.72. The fourth-order valence-electron chi connectivity index (χ4n) is 4.68. The van der Waals surface area contributed by atoms with Crippen LogP contribution in [0.2, 0.25) is 0 Å². The first-order valence-corrected chi connectivity index (χ1v) is 16.0. The van der Waals surface area contributed by atoms with Crippen LogP contribution in [0.3, 0.4) is 0 Å². The number of thioether (sulfide) groups is 1. The summed E-state index contributed by atoms with van der Waals surface area (Å²) in [7, 11) is 0. The molecule has 0 aliphatic carbocycles. The number of amides is 2. The maximum absolute atomic E-state index is 13.2. The molecule has 6 heteroatoms. The second-order valence-electron chi connectivity index (χ2n) is 11.0. The molecule has 1 unspecified atom stereocenters. The van der Waals surface area contributed by atoms with Crippen LogP contribution in [-0.4, -0.2) is 40.3 Å². The van der Waals surface area contributed by atoms with Gasteiger partial charge in [0.1, 0.15) is 5.25 Å². The highest BCUT2D eigenvalue weighted by atomic mass is 32.2. The molecule has 0 aliphatic heterocycles. The quantitative estimate of drug-likeness (QED) is 0.158. The Labute approximate surface area is 250 Å². The first kappa shape index (κ1) is 32.3. The first-order chi connectivity index (χ1) is 19.9. The van der Waals surface area contributed by atoms with Crippen molar-refractivity contribution in [3.05, 3.63) is 101 Å². The van der Waals surface area contributed by atoms with E-state index in [1.54, 1.807) is 0 Å². The molecule has 0 saturated carbocycles. The molecule has 0 saturated heterocycles. The fraction of sp³-hybridized carbons (Fsp3) is 0.429. The number of unbranched alkanes of at least 4 members (excludes halogenated alkanes) is 4. The van der Waals surface area contributed by atoms with Gasteiger partial charge in [-0.15, -0.1) is 11.8 Å². The summed E-state index contributed by atoms with van der Waals surface area (Å²) in [5.74, 6) is 0.344. The van der Waals surface area contributed by atoms with Gasteiger partial charge in [-0.3, -0.25) is 4.79 Å². The summed E-state index contributed by atoms with van der Waals surface area (Å²) in [6, 6.07) is 26.2. The number of urea groups is 1. The minimum Gasteiger partial charge on any atom is -0.480 e. The van der Waals surface area contributed by atoms with Gasteiger partial charge in [0.05, 0.1) is 0 Å². The second kappa shape index (κ2) is 17.5. The zero-order valence-electron chi connectivity index (χ0n) is 24.9. The van der Waals surface area contributed by atoms with Crippen molar-refractivity contribution in [2.45, 2.75) is 82.6 Å². The molecular weight excluding hydrogens is 528 g/mol. The number of hydrogen-bond donors (Lipinski definition) is 2. The Balaban J connectivity index is 1.56. The lowest BCUT2D eigenvalue weighted by Crippen LogP contribution is -2.37. The molecule has 220 valence electrons.